The van der Waals surface area contributed by atoms with Gasteiger partial charge in [-0.25, -0.2) is 0 Å². The molecule has 0 heterocycles. The summed E-state index contributed by atoms with van der Waals surface area (Å²) in [6.45, 7) is 9.32. The molecular formula is C16H25N3. The summed E-state index contributed by atoms with van der Waals surface area (Å²) < 4.78 is 0. The van der Waals surface area contributed by atoms with Gasteiger partial charge >= 0.3 is 0 Å². The summed E-state index contributed by atoms with van der Waals surface area (Å²) in [6.07, 6.45) is 1.65. The van der Waals surface area contributed by atoms with Crippen molar-refractivity contribution in [3.8, 4) is 6.07 Å². The normalized spacial score (nSPS) is 11.1. The minimum absolute atomic E-state index is 0.171. The van der Waals surface area contributed by atoms with Crippen LogP contribution in [0.3, 0.4) is 0 Å². The number of para-hydroxylation sites is 1. The van der Waals surface area contributed by atoms with Crippen molar-refractivity contribution in [3.63, 3.8) is 0 Å². The molecule has 0 saturated heterocycles. The molecule has 0 unspecified atom stereocenters. The second kappa shape index (κ2) is 7.81. The molecule has 0 aliphatic heterocycles. The van der Waals surface area contributed by atoms with Crippen molar-refractivity contribution in [1.29, 1.82) is 5.26 Å². The monoisotopic (exact) mass is 259 g/mol. The molecule has 0 aliphatic carbocycles. The Labute approximate surface area is 117 Å². The van der Waals surface area contributed by atoms with Crippen LogP contribution in [-0.2, 0) is 0 Å². The molecule has 0 aromatic heterocycles. The SMILES string of the molecule is CC(C)(C)NCCCN(CCC#N)c1ccccc1. The quantitative estimate of drug-likeness (QED) is 0.764. The van der Waals surface area contributed by atoms with Crippen LogP contribution in [0.1, 0.15) is 33.6 Å². The zero-order valence-electron chi connectivity index (χ0n) is 12.3. The van der Waals surface area contributed by atoms with Crippen LogP contribution < -0.4 is 10.2 Å². The Bertz CT molecular complexity index is 387. The third-order valence-electron chi connectivity index (χ3n) is 2.88. The van der Waals surface area contributed by atoms with E-state index in [2.05, 4.69) is 49.2 Å². The number of nitrogens with one attached hydrogen (secondary N) is 1. The van der Waals surface area contributed by atoms with E-state index in [9.17, 15) is 0 Å². The van der Waals surface area contributed by atoms with Crippen molar-refractivity contribution < 1.29 is 0 Å². The maximum atomic E-state index is 8.75. The number of hydrogen-bond acceptors (Lipinski definition) is 3. The molecule has 0 bridgehead atoms. The number of anilines is 1. The summed E-state index contributed by atoms with van der Waals surface area (Å²) in [6, 6.07) is 12.5. The molecule has 1 aromatic rings. The smallest absolute Gasteiger partial charge is 0.0640 e. The van der Waals surface area contributed by atoms with E-state index in [0.29, 0.717) is 6.42 Å². The van der Waals surface area contributed by atoms with Crippen LogP contribution in [0.15, 0.2) is 30.3 Å². The Morgan fingerprint density at radius 2 is 1.84 bits per heavy atom. The molecule has 3 heteroatoms. The molecule has 0 spiro atoms. The zero-order valence-corrected chi connectivity index (χ0v) is 12.3. The van der Waals surface area contributed by atoms with Gasteiger partial charge in [0.25, 0.3) is 0 Å². The molecule has 0 saturated carbocycles. The topological polar surface area (TPSA) is 39.1 Å². The predicted octanol–water partition coefficient (Wildman–Crippen LogP) is 3.18. The number of nitriles is 1. The second-order valence-electron chi connectivity index (χ2n) is 5.76. The van der Waals surface area contributed by atoms with Gasteiger partial charge in [-0.2, -0.15) is 5.26 Å². The van der Waals surface area contributed by atoms with Gasteiger partial charge in [0.15, 0.2) is 0 Å². The third-order valence-corrected chi connectivity index (χ3v) is 2.88. The molecule has 0 atom stereocenters. The van der Waals surface area contributed by atoms with Gasteiger partial charge in [0.1, 0.15) is 0 Å². The first kappa shape index (κ1) is 15.5. The van der Waals surface area contributed by atoms with Crippen molar-refractivity contribution in [3.05, 3.63) is 30.3 Å². The Kier molecular flexibility index (Phi) is 6.38. The van der Waals surface area contributed by atoms with Crippen molar-refractivity contribution >= 4 is 5.69 Å². The maximum absolute atomic E-state index is 8.75. The molecule has 3 nitrogen and oxygen atoms in total. The molecular weight excluding hydrogens is 234 g/mol. The lowest BCUT2D eigenvalue weighted by molar-refractivity contribution is 0.422. The van der Waals surface area contributed by atoms with E-state index in [-0.39, 0.29) is 5.54 Å². The van der Waals surface area contributed by atoms with Crippen LogP contribution in [0.5, 0.6) is 0 Å². The van der Waals surface area contributed by atoms with Gasteiger partial charge in [-0.15, -0.1) is 0 Å². The highest BCUT2D eigenvalue weighted by Crippen LogP contribution is 2.13. The lowest BCUT2D eigenvalue weighted by Crippen LogP contribution is -2.38. The first-order chi connectivity index (χ1) is 9.03. The van der Waals surface area contributed by atoms with Crippen LogP contribution in [-0.4, -0.2) is 25.2 Å². The highest BCUT2D eigenvalue weighted by molar-refractivity contribution is 5.45. The summed E-state index contributed by atoms with van der Waals surface area (Å²) in [5, 5.41) is 12.2. The Balaban J connectivity index is 2.45. The van der Waals surface area contributed by atoms with Crippen molar-refractivity contribution in [1.82, 2.24) is 5.32 Å². The summed E-state index contributed by atoms with van der Waals surface area (Å²) in [4.78, 5) is 2.29. The van der Waals surface area contributed by atoms with E-state index in [1.54, 1.807) is 0 Å². The third kappa shape index (κ3) is 6.83. The minimum atomic E-state index is 0.171. The van der Waals surface area contributed by atoms with Gasteiger partial charge in [-0.1, -0.05) is 18.2 Å². The largest absolute Gasteiger partial charge is 0.370 e. The molecule has 1 N–H and O–H groups in total. The molecule has 0 amide bonds. The standard InChI is InChI=1S/C16H25N3/c1-16(2,3)18-12-8-14-19(13-7-11-17)15-9-5-4-6-10-15/h4-6,9-10,18H,7-8,12-14H2,1-3H3. The van der Waals surface area contributed by atoms with E-state index in [0.717, 1.165) is 26.1 Å². The fourth-order valence-corrected chi connectivity index (χ4v) is 1.93. The number of rotatable bonds is 7. The molecule has 0 radical (unpaired) electrons. The zero-order chi connectivity index (χ0) is 14.1. The minimum Gasteiger partial charge on any atom is -0.370 e. The number of hydrogen-bond donors (Lipinski definition) is 1. The van der Waals surface area contributed by atoms with Gasteiger partial charge in [-0.3, -0.25) is 0 Å². The van der Waals surface area contributed by atoms with Gasteiger partial charge in [0, 0.05) is 24.3 Å². The lowest BCUT2D eigenvalue weighted by atomic mass is 10.1. The van der Waals surface area contributed by atoms with Gasteiger partial charge in [-0.05, 0) is 45.9 Å². The summed E-state index contributed by atoms with van der Waals surface area (Å²) in [7, 11) is 0. The molecule has 0 aliphatic rings. The fraction of sp³-hybridized carbons (Fsp3) is 0.562. The Hall–Kier alpha value is -1.53. The van der Waals surface area contributed by atoms with Crippen LogP contribution >= 0.6 is 0 Å². The summed E-state index contributed by atoms with van der Waals surface area (Å²) in [5.74, 6) is 0. The summed E-state index contributed by atoms with van der Waals surface area (Å²) in [5.41, 5.74) is 1.37. The van der Waals surface area contributed by atoms with Crippen molar-refractivity contribution in [2.75, 3.05) is 24.5 Å². The van der Waals surface area contributed by atoms with E-state index >= 15 is 0 Å². The maximum Gasteiger partial charge on any atom is 0.0640 e. The second-order valence-corrected chi connectivity index (χ2v) is 5.76. The van der Waals surface area contributed by atoms with E-state index in [1.807, 2.05) is 18.2 Å². The van der Waals surface area contributed by atoms with Crippen molar-refractivity contribution in [2.24, 2.45) is 0 Å². The summed E-state index contributed by atoms with van der Waals surface area (Å²) >= 11 is 0. The highest BCUT2D eigenvalue weighted by Gasteiger charge is 2.09. The van der Waals surface area contributed by atoms with E-state index in [4.69, 9.17) is 5.26 Å². The molecule has 104 valence electrons. The van der Waals surface area contributed by atoms with Crippen LogP contribution in [0.25, 0.3) is 0 Å². The molecule has 19 heavy (non-hydrogen) atoms. The predicted molar refractivity (Wildman–Crippen MR) is 81.3 cm³/mol. The average molecular weight is 259 g/mol. The first-order valence-corrected chi connectivity index (χ1v) is 6.95. The number of benzene rings is 1. The molecule has 1 rings (SSSR count). The lowest BCUT2D eigenvalue weighted by Gasteiger charge is -2.25. The van der Waals surface area contributed by atoms with E-state index in [1.165, 1.54) is 5.69 Å². The van der Waals surface area contributed by atoms with Crippen LogP contribution in [0.2, 0.25) is 0 Å². The van der Waals surface area contributed by atoms with Crippen LogP contribution in [0, 0.1) is 11.3 Å². The van der Waals surface area contributed by atoms with Gasteiger partial charge < -0.3 is 10.2 Å². The Morgan fingerprint density at radius 3 is 2.42 bits per heavy atom. The molecule has 0 fully saturated rings. The van der Waals surface area contributed by atoms with Crippen LogP contribution in [0.4, 0.5) is 5.69 Å². The van der Waals surface area contributed by atoms with Gasteiger partial charge in [0.05, 0.1) is 12.5 Å². The Morgan fingerprint density at radius 1 is 1.16 bits per heavy atom. The van der Waals surface area contributed by atoms with Crippen molar-refractivity contribution in [2.45, 2.75) is 39.2 Å². The number of nitrogens with zero attached hydrogens (tertiary/aromatic N) is 2. The first-order valence-electron chi connectivity index (χ1n) is 6.95. The fourth-order valence-electron chi connectivity index (χ4n) is 1.93. The van der Waals surface area contributed by atoms with Gasteiger partial charge in [0.2, 0.25) is 0 Å². The molecule has 1 aromatic carbocycles. The van der Waals surface area contributed by atoms with E-state index < -0.39 is 0 Å². The average Bonchev–Trinajstić information content (AvgIpc) is 2.38. The highest BCUT2D eigenvalue weighted by atomic mass is 15.1.